The van der Waals surface area contributed by atoms with Gasteiger partial charge in [0.05, 0.1) is 10.9 Å². The zero-order chi connectivity index (χ0) is 26.7. The van der Waals surface area contributed by atoms with Crippen molar-refractivity contribution < 1.29 is 22.7 Å². The highest BCUT2D eigenvalue weighted by molar-refractivity contribution is 7.89. The van der Waals surface area contributed by atoms with Crippen molar-refractivity contribution in [1.82, 2.24) is 10.2 Å². The topological polar surface area (TPSA) is 131 Å². The standard InChI is InChI=1S/C28H30N4O5S/c29-38(35,36)24-11-5-9-22(17-24)27(33)30-23-10-4-8-21(16-23)26(20-6-2-1-3-7-20)31-28(34)37-25-18-32-14-12-19(25)13-15-32/h1-11,16-17,19,25-26H,12-15,18H2,(H,30,33)(H,31,34)(H2,29,35,36). The van der Waals surface area contributed by atoms with Crippen LogP contribution in [0.15, 0.2) is 83.8 Å². The van der Waals surface area contributed by atoms with Gasteiger partial charge in [-0.3, -0.25) is 9.69 Å². The van der Waals surface area contributed by atoms with Crippen LogP contribution in [-0.4, -0.2) is 51.1 Å². The zero-order valence-corrected chi connectivity index (χ0v) is 21.6. The molecule has 10 heteroatoms. The second kappa shape index (κ2) is 10.9. The van der Waals surface area contributed by atoms with Crippen molar-refractivity contribution in [3.05, 3.63) is 95.6 Å². The lowest BCUT2D eigenvalue weighted by molar-refractivity contribution is -0.0336. The van der Waals surface area contributed by atoms with Gasteiger partial charge in [-0.05, 0) is 73.3 Å². The van der Waals surface area contributed by atoms with Gasteiger partial charge in [-0.1, -0.05) is 48.5 Å². The van der Waals surface area contributed by atoms with E-state index in [-0.39, 0.29) is 16.6 Å². The Balaban J connectivity index is 1.34. The average molecular weight is 535 g/mol. The largest absolute Gasteiger partial charge is 0.445 e. The molecule has 6 rings (SSSR count). The maximum atomic E-state index is 13.0. The Bertz CT molecular complexity index is 1420. The summed E-state index contributed by atoms with van der Waals surface area (Å²) >= 11 is 0. The molecular formula is C28H30N4O5S. The van der Waals surface area contributed by atoms with Crippen molar-refractivity contribution >= 4 is 27.7 Å². The average Bonchev–Trinajstić information content (AvgIpc) is 2.92. The van der Waals surface area contributed by atoms with E-state index in [4.69, 9.17) is 9.88 Å². The molecular weight excluding hydrogens is 504 g/mol. The Labute approximate surface area is 222 Å². The van der Waals surface area contributed by atoms with Crippen LogP contribution in [-0.2, 0) is 14.8 Å². The SMILES string of the molecule is NS(=O)(=O)c1cccc(C(=O)Nc2cccc(C(NC(=O)OC3CN4CCC3CC4)c3ccccc3)c2)c1. The van der Waals surface area contributed by atoms with Gasteiger partial charge < -0.3 is 15.4 Å². The molecule has 0 aliphatic carbocycles. The third kappa shape index (κ3) is 6.04. The summed E-state index contributed by atoms with van der Waals surface area (Å²) in [5.41, 5.74) is 2.25. The smallest absolute Gasteiger partial charge is 0.408 e. The monoisotopic (exact) mass is 534 g/mol. The fourth-order valence-corrected chi connectivity index (χ4v) is 5.71. The maximum absolute atomic E-state index is 13.0. The number of nitrogens with two attached hydrogens (primary N) is 1. The lowest BCUT2D eigenvalue weighted by Crippen LogP contribution is -2.52. The van der Waals surface area contributed by atoms with Gasteiger partial charge in [0.15, 0.2) is 0 Å². The molecule has 0 spiro atoms. The van der Waals surface area contributed by atoms with Crippen molar-refractivity contribution in [3.63, 3.8) is 0 Å². The number of benzene rings is 3. The second-order valence-corrected chi connectivity index (χ2v) is 11.3. The van der Waals surface area contributed by atoms with Crippen molar-refractivity contribution in [2.75, 3.05) is 25.0 Å². The molecule has 2 atom stereocenters. The highest BCUT2D eigenvalue weighted by Gasteiger charge is 2.36. The summed E-state index contributed by atoms with van der Waals surface area (Å²) in [6.45, 7) is 2.88. The molecule has 3 fully saturated rings. The number of nitrogens with one attached hydrogen (secondary N) is 2. The minimum Gasteiger partial charge on any atom is -0.445 e. The molecule has 3 heterocycles. The Kier molecular flexibility index (Phi) is 7.46. The van der Waals surface area contributed by atoms with Crippen LogP contribution in [0.2, 0.25) is 0 Å². The third-order valence-corrected chi connectivity index (χ3v) is 8.06. The van der Waals surface area contributed by atoms with Crippen molar-refractivity contribution in [2.24, 2.45) is 11.1 Å². The number of carbonyl (C=O) groups excluding carboxylic acids is 2. The molecule has 4 N–H and O–H groups in total. The molecule has 3 saturated heterocycles. The van der Waals surface area contributed by atoms with E-state index in [1.54, 1.807) is 18.2 Å². The molecule has 2 unspecified atom stereocenters. The first kappa shape index (κ1) is 25.9. The quantitative estimate of drug-likeness (QED) is 0.425. The molecule has 38 heavy (non-hydrogen) atoms. The number of hydrogen-bond acceptors (Lipinski definition) is 6. The van der Waals surface area contributed by atoms with E-state index in [1.807, 2.05) is 36.4 Å². The highest BCUT2D eigenvalue weighted by atomic mass is 32.2. The van der Waals surface area contributed by atoms with E-state index in [9.17, 15) is 18.0 Å². The van der Waals surface area contributed by atoms with Gasteiger partial charge >= 0.3 is 6.09 Å². The molecule has 3 aliphatic heterocycles. The Morgan fingerprint density at radius 1 is 0.921 bits per heavy atom. The van der Waals surface area contributed by atoms with Crippen LogP contribution in [0.5, 0.6) is 0 Å². The van der Waals surface area contributed by atoms with E-state index in [2.05, 4.69) is 15.5 Å². The predicted molar refractivity (Wildman–Crippen MR) is 143 cm³/mol. The Hall–Kier alpha value is -3.73. The molecule has 198 valence electrons. The molecule has 0 radical (unpaired) electrons. The summed E-state index contributed by atoms with van der Waals surface area (Å²) in [7, 11) is -3.94. The van der Waals surface area contributed by atoms with Crippen LogP contribution in [0.1, 0.15) is 40.4 Å². The van der Waals surface area contributed by atoms with Gasteiger partial charge in [0.25, 0.3) is 5.91 Å². The molecule has 0 aromatic heterocycles. The molecule has 3 aromatic carbocycles. The summed E-state index contributed by atoms with van der Waals surface area (Å²) in [4.78, 5) is 28.1. The van der Waals surface area contributed by atoms with Gasteiger partial charge in [-0.2, -0.15) is 0 Å². The van der Waals surface area contributed by atoms with Gasteiger partial charge in [0, 0.05) is 17.8 Å². The molecule has 0 saturated carbocycles. The summed E-state index contributed by atoms with van der Waals surface area (Å²) in [6, 6.07) is 21.7. The molecule has 2 amide bonds. The van der Waals surface area contributed by atoms with Crippen LogP contribution in [0.4, 0.5) is 10.5 Å². The Morgan fingerprint density at radius 3 is 2.32 bits per heavy atom. The molecule has 9 nitrogen and oxygen atoms in total. The maximum Gasteiger partial charge on any atom is 0.408 e. The molecule has 3 aliphatic rings. The molecule has 2 bridgehead atoms. The van der Waals surface area contributed by atoms with Crippen molar-refractivity contribution in [2.45, 2.75) is 29.9 Å². The van der Waals surface area contributed by atoms with Crippen LogP contribution in [0, 0.1) is 5.92 Å². The van der Waals surface area contributed by atoms with Crippen LogP contribution >= 0.6 is 0 Å². The third-order valence-electron chi connectivity index (χ3n) is 7.15. The molecule has 3 aromatic rings. The first-order valence-electron chi connectivity index (χ1n) is 12.5. The second-order valence-electron chi connectivity index (χ2n) is 9.72. The van der Waals surface area contributed by atoms with E-state index >= 15 is 0 Å². The lowest BCUT2D eigenvalue weighted by Gasteiger charge is -2.43. The zero-order valence-electron chi connectivity index (χ0n) is 20.7. The minimum absolute atomic E-state index is 0.118. The number of nitrogens with zero attached hydrogens (tertiary/aromatic N) is 1. The van der Waals surface area contributed by atoms with Gasteiger partial charge in [0.1, 0.15) is 6.10 Å². The number of rotatable bonds is 7. The lowest BCUT2D eigenvalue weighted by atomic mass is 9.86. The Morgan fingerprint density at radius 2 is 1.63 bits per heavy atom. The van der Waals surface area contributed by atoms with E-state index in [1.165, 1.54) is 24.3 Å². The number of amides is 2. The number of piperidine rings is 3. The van der Waals surface area contributed by atoms with E-state index < -0.39 is 28.1 Å². The van der Waals surface area contributed by atoms with E-state index in [0.29, 0.717) is 11.6 Å². The summed E-state index contributed by atoms with van der Waals surface area (Å²) in [6.07, 6.45) is 1.49. The predicted octanol–water partition coefficient (Wildman–Crippen LogP) is 3.50. The summed E-state index contributed by atoms with van der Waals surface area (Å²) in [5, 5.41) is 11.0. The van der Waals surface area contributed by atoms with Crippen LogP contribution in [0.25, 0.3) is 0 Å². The number of alkyl carbamates (subject to hydrolysis) is 1. The first-order valence-corrected chi connectivity index (χ1v) is 14.1. The van der Waals surface area contributed by atoms with Gasteiger partial charge in [-0.15, -0.1) is 0 Å². The highest BCUT2D eigenvalue weighted by Crippen LogP contribution is 2.30. The van der Waals surface area contributed by atoms with Crippen LogP contribution < -0.4 is 15.8 Å². The number of sulfonamides is 1. The van der Waals surface area contributed by atoms with Gasteiger partial charge in [0.2, 0.25) is 10.0 Å². The van der Waals surface area contributed by atoms with Gasteiger partial charge in [-0.25, -0.2) is 18.4 Å². The van der Waals surface area contributed by atoms with Crippen LogP contribution in [0.3, 0.4) is 0 Å². The van der Waals surface area contributed by atoms with Crippen molar-refractivity contribution in [3.8, 4) is 0 Å². The first-order chi connectivity index (χ1) is 18.3. The number of fused-ring (bicyclic) bond motifs is 3. The fourth-order valence-electron chi connectivity index (χ4n) is 5.15. The number of primary sulfonamides is 1. The van der Waals surface area contributed by atoms with Crippen molar-refractivity contribution in [1.29, 1.82) is 0 Å². The number of carbonyl (C=O) groups is 2. The number of anilines is 1. The van der Waals surface area contributed by atoms with E-state index in [0.717, 1.165) is 43.6 Å². The fraction of sp³-hybridized carbons (Fsp3) is 0.286. The minimum atomic E-state index is -3.94. The summed E-state index contributed by atoms with van der Waals surface area (Å²) in [5.74, 6) is -0.0918. The normalized spacial score (nSPS) is 21.3. The number of ether oxygens (including phenoxy) is 1. The number of hydrogen-bond donors (Lipinski definition) is 3. The summed E-state index contributed by atoms with van der Waals surface area (Å²) < 4.78 is 29.2.